The lowest BCUT2D eigenvalue weighted by atomic mass is 10.1. The average Bonchev–Trinajstić information content (AvgIpc) is 2.72. The molecule has 15 heavy (non-hydrogen) atoms. The molecule has 84 valence electrons. The molecule has 0 N–H and O–H groups in total. The van der Waals surface area contributed by atoms with E-state index in [1.165, 1.54) is 37.1 Å². The molecule has 1 nitrogen and oxygen atoms in total. The number of likely N-dealkylation sites (tertiary alicyclic amines) is 1. The highest BCUT2D eigenvalue weighted by atomic mass is 35.5. The monoisotopic (exact) mass is 245 g/mol. The summed E-state index contributed by atoms with van der Waals surface area (Å²) in [5.74, 6) is 0.615. The summed E-state index contributed by atoms with van der Waals surface area (Å²) in [6.45, 7) is 3.62. The van der Waals surface area contributed by atoms with E-state index in [4.69, 9.17) is 11.6 Å². The van der Waals surface area contributed by atoms with Gasteiger partial charge < -0.3 is 0 Å². The van der Waals surface area contributed by atoms with E-state index < -0.39 is 0 Å². The van der Waals surface area contributed by atoms with E-state index >= 15 is 0 Å². The molecule has 1 heterocycles. The molecule has 0 aliphatic carbocycles. The summed E-state index contributed by atoms with van der Waals surface area (Å²) in [5.41, 5.74) is 2.61. The summed E-state index contributed by atoms with van der Waals surface area (Å²) in [5, 5.41) is 0. The van der Waals surface area contributed by atoms with Crippen LogP contribution in [-0.2, 0) is 12.4 Å². The van der Waals surface area contributed by atoms with Gasteiger partial charge in [-0.1, -0.05) is 24.3 Å². The van der Waals surface area contributed by atoms with Crippen LogP contribution >= 0.6 is 24.0 Å². The maximum Gasteiger partial charge on any atom is 0.0474 e. The second-order valence-corrected chi connectivity index (χ2v) is 4.20. The minimum atomic E-state index is 0. The quantitative estimate of drug-likeness (QED) is 0.738. The predicted octanol–water partition coefficient (Wildman–Crippen LogP) is 3.44. The molecule has 0 aromatic heterocycles. The fourth-order valence-corrected chi connectivity index (χ4v) is 2.11. The van der Waals surface area contributed by atoms with Gasteiger partial charge in [-0.25, -0.2) is 0 Å². The van der Waals surface area contributed by atoms with Gasteiger partial charge in [-0.2, -0.15) is 0 Å². The van der Waals surface area contributed by atoms with E-state index in [0.29, 0.717) is 5.88 Å². The van der Waals surface area contributed by atoms with Crippen LogP contribution < -0.4 is 0 Å². The van der Waals surface area contributed by atoms with E-state index in [-0.39, 0.29) is 12.4 Å². The Balaban J connectivity index is 0.00000112. The summed E-state index contributed by atoms with van der Waals surface area (Å²) in [4.78, 5) is 2.51. The Kier molecular flexibility index (Phi) is 5.44. The standard InChI is InChI=1S/C12H16ClN.ClH/c13-9-11-3-5-12(6-4-11)10-14-7-1-2-8-14;/h3-6H,1-2,7-10H2;1H. The fourth-order valence-electron chi connectivity index (χ4n) is 1.93. The van der Waals surface area contributed by atoms with Gasteiger partial charge in [0.05, 0.1) is 0 Å². The first kappa shape index (κ1) is 12.8. The zero-order valence-corrected chi connectivity index (χ0v) is 10.4. The van der Waals surface area contributed by atoms with Gasteiger partial charge in [0, 0.05) is 12.4 Å². The van der Waals surface area contributed by atoms with Crippen LogP contribution in [0.4, 0.5) is 0 Å². The van der Waals surface area contributed by atoms with Gasteiger partial charge in [0.2, 0.25) is 0 Å². The molecule has 0 saturated carbocycles. The second-order valence-electron chi connectivity index (χ2n) is 3.93. The van der Waals surface area contributed by atoms with Crippen molar-refractivity contribution in [3.8, 4) is 0 Å². The Bertz CT molecular complexity index is 278. The van der Waals surface area contributed by atoms with E-state index in [2.05, 4.69) is 29.2 Å². The molecule has 1 aromatic rings. The van der Waals surface area contributed by atoms with Gasteiger partial charge in [0.1, 0.15) is 0 Å². The zero-order chi connectivity index (χ0) is 9.80. The summed E-state index contributed by atoms with van der Waals surface area (Å²) >= 11 is 5.74. The summed E-state index contributed by atoms with van der Waals surface area (Å²) in [6, 6.07) is 8.63. The number of halogens is 2. The van der Waals surface area contributed by atoms with Crippen LogP contribution in [-0.4, -0.2) is 18.0 Å². The molecule has 3 heteroatoms. The predicted molar refractivity (Wildman–Crippen MR) is 67.8 cm³/mol. The summed E-state index contributed by atoms with van der Waals surface area (Å²) in [7, 11) is 0. The highest BCUT2D eigenvalue weighted by molar-refractivity contribution is 6.17. The van der Waals surface area contributed by atoms with Crippen LogP contribution in [0.1, 0.15) is 24.0 Å². The Morgan fingerprint density at radius 3 is 2.07 bits per heavy atom. The number of rotatable bonds is 3. The van der Waals surface area contributed by atoms with E-state index in [0.717, 1.165) is 6.54 Å². The maximum absolute atomic E-state index is 5.74. The lowest BCUT2D eigenvalue weighted by molar-refractivity contribution is 0.331. The lowest BCUT2D eigenvalue weighted by Gasteiger charge is -2.14. The molecule has 1 fully saturated rings. The van der Waals surface area contributed by atoms with Gasteiger partial charge in [-0.15, -0.1) is 24.0 Å². The van der Waals surface area contributed by atoms with E-state index in [9.17, 15) is 0 Å². The van der Waals surface area contributed by atoms with Gasteiger partial charge in [-0.3, -0.25) is 4.90 Å². The van der Waals surface area contributed by atoms with Gasteiger partial charge in [0.25, 0.3) is 0 Å². The van der Waals surface area contributed by atoms with Crippen LogP contribution in [0.15, 0.2) is 24.3 Å². The first-order valence-electron chi connectivity index (χ1n) is 5.24. The Hall–Kier alpha value is -0.240. The average molecular weight is 246 g/mol. The fraction of sp³-hybridized carbons (Fsp3) is 0.500. The van der Waals surface area contributed by atoms with Crippen molar-refractivity contribution in [2.75, 3.05) is 13.1 Å². The minimum absolute atomic E-state index is 0. The van der Waals surface area contributed by atoms with E-state index in [1.807, 2.05) is 0 Å². The normalized spacial score (nSPS) is 16.3. The molecule has 0 bridgehead atoms. The first-order chi connectivity index (χ1) is 6.88. The maximum atomic E-state index is 5.74. The molecule has 1 saturated heterocycles. The van der Waals surface area contributed by atoms with Crippen molar-refractivity contribution in [2.45, 2.75) is 25.3 Å². The molecule has 1 aliphatic heterocycles. The van der Waals surface area contributed by atoms with Crippen molar-refractivity contribution >= 4 is 24.0 Å². The molecule has 1 aliphatic rings. The molecular formula is C12H17Cl2N. The van der Waals surface area contributed by atoms with Crippen molar-refractivity contribution in [3.63, 3.8) is 0 Å². The van der Waals surface area contributed by atoms with Crippen molar-refractivity contribution in [1.29, 1.82) is 0 Å². The molecular weight excluding hydrogens is 229 g/mol. The third-order valence-electron chi connectivity index (χ3n) is 2.78. The van der Waals surface area contributed by atoms with Crippen LogP contribution in [0.5, 0.6) is 0 Å². The molecule has 0 amide bonds. The topological polar surface area (TPSA) is 3.24 Å². The number of hydrogen-bond donors (Lipinski definition) is 0. The molecule has 0 spiro atoms. The SMILES string of the molecule is Cl.ClCc1ccc(CN2CCCC2)cc1. The van der Waals surface area contributed by atoms with Gasteiger partial charge in [0.15, 0.2) is 0 Å². The Morgan fingerprint density at radius 1 is 1.00 bits per heavy atom. The molecule has 1 aromatic carbocycles. The minimum Gasteiger partial charge on any atom is -0.299 e. The summed E-state index contributed by atoms with van der Waals surface area (Å²) in [6.07, 6.45) is 2.72. The van der Waals surface area contributed by atoms with Crippen molar-refractivity contribution in [2.24, 2.45) is 0 Å². The van der Waals surface area contributed by atoms with Crippen LogP contribution in [0.3, 0.4) is 0 Å². The van der Waals surface area contributed by atoms with Crippen LogP contribution in [0, 0.1) is 0 Å². The van der Waals surface area contributed by atoms with Crippen LogP contribution in [0.25, 0.3) is 0 Å². The molecule has 0 unspecified atom stereocenters. The zero-order valence-electron chi connectivity index (χ0n) is 8.79. The molecule has 0 radical (unpaired) electrons. The van der Waals surface area contributed by atoms with Gasteiger partial charge >= 0.3 is 0 Å². The lowest BCUT2D eigenvalue weighted by Crippen LogP contribution is -2.18. The molecule has 0 atom stereocenters. The third kappa shape index (κ3) is 3.67. The van der Waals surface area contributed by atoms with Crippen molar-refractivity contribution in [3.05, 3.63) is 35.4 Å². The Labute approximate surface area is 103 Å². The smallest absolute Gasteiger partial charge is 0.0474 e. The number of nitrogens with zero attached hydrogens (tertiary/aromatic N) is 1. The Morgan fingerprint density at radius 2 is 1.53 bits per heavy atom. The number of alkyl halides is 1. The van der Waals surface area contributed by atoms with E-state index in [1.54, 1.807) is 0 Å². The number of benzene rings is 1. The number of hydrogen-bond acceptors (Lipinski definition) is 1. The third-order valence-corrected chi connectivity index (χ3v) is 3.09. The van der Waals surface area contributed by atoms with Crippen molar-refractivity contribution in [1.82, 2.24) is 4.90 Å². The molecule has 2 rings (SSSR count). The highest BCUT2D eigenvalue weighted by Crippen LogP contribution is 2.13. The van der Waals surface area contributed by atoms with Crippen molar-refractivity contribution < 1.29 is 0 Å². The van der Waals surface area contributed by atoms with Crippen LogP contribution in [0.2, 0.25) is 0 Å². The van der Waals surface area contributed by atoms with Gasteiger partial charge in [-0.05, 0) is 37.1 Å². The largest absolute Gasteiger partial charge is 0.299 e. The second kappa shape index (κ2) is 6.37. The first-order valence-corrected chi connectivity index (χ1v) is 5.78. The highest BCUT2D eigenvalue weighted by Gasteiger charge is 2.11. The summed E-state index contributed by atoms with van der Waals surface area (Å²) < 4.78 is 0.